The molecule has 4 nitrogen and oxygen atoms in total. The van der Waals surface area contributed by atoms with Gasteiger partial charge in [-0.05, 0) is 89.5 Å². The van der Waals surface area contributed by atoms with Gasteiger partial charge in [0.25, 0.3) is 0 Å². The molecule has 0 bridgehead atoms. The Labute approximate surface area is 334 Å². The van der Waals surface area contributed by atoms with Crippen molar-refractivity contribution in [3.05, 3.63) is 206 Å². The summed E-state index contributed by atoms with van der Waals surface area (Å²) in [6, 6.07) is 73.3. The maximum atomic E-state index is 6.66. The Bertz CT molecular complexity index is 3460. The van der Waals surface area contributed by atoms with Gasteiger partial charge in [0.2, 0.25) is 0 Å². The molecule has 0 radical (unpaired) electrons. The summed E-state index contributed by atoms with van der Waals surface area (Å²) < 4.78 is 15.4. The van der Waals surface area contributed by atoms with Crippen LogP contribution in [0.3, 0.4) is 0 Å². The van der Waals surface area contributed by atoms with Crippen molar-refractivity contribution in [2.45, 2.75) is 0 Å². The summed E-state index contributed by atoms with van der Waals surface area (Å²) in [6.45, 7) is 0. The van der Waals surface area contributed by atoms with Gasteiger partial charge in [0, 0.05) is 49.3 Å². The van der Waals surface area contributed by atoms with Crippen LogP contribution in [-0.2, 0) is 0 Å². The minimum atomic E-state index is 0.842. The molecule has 0 aliphatic carbocycles. The van der Waals surface area contributed by atoms with Crippen molar-refractivity contribution >= 4 is 82.7 Å². The number of benzene rings is 9. The second-order valence-corrected chi connectivity index (χ2v) is 14.9. The molecule has 0 amide bonds. The number of furan rings is 2. The molecule has 0 spiro atoms. The fourth-order valence-corrected chi connectivity index (χ4v) is 8.93. The molecule has 0 aliphatic rings. The average molecular weight is 743 g/mol. The maximum Gasteiger partial charge on any atom is 0.159 e. The summed E-state index contributed by atoms with van der Waals surface area (Å²) in [5, 5.41) is 6.82. The quantitative estimate of drug-likeness (QED) is 0.170. The normalized spacial score (nSPS) is 11.8. The zero-order valence-corrected chi connectivity index (χ0v) is 31.3. The van der Waals surface area contributed by atoms with Crippen molar-refractivity contribution in [2.24, 2.45) is 0 Å². The number of hydrogen-bond acceptors (Lipinski definition) is 3. The van der Waals surface area contributed by atoms with Crippen LogP contribution in [0.2, 0.25) is 0 Å². The first kappa shape index (κ1) is 32.4. The van der Waals surface area contributed by atoms with E-state index in [0.717, 1.165) is 77.8 Å². The van der Waals surface area contributed by atoms with Gasteiger partial charge in [0.1, 0.15) is 16.7 Å². The maximum absolute atomic E-state index is 6.66. The fraction of sp³-hybridized carbons (Fsp3) is 0. The van der Waals surface area contributed by atoms with E-state index in [4.69, 9.17) is 8.83 Å². The molecule has 0 saturated heterocycles. The summed E-state index contributed by atoms with van der Waals surface area (Å²) in [5.74, 6) is 0. The predicted molar refractivity (Wildman–Crippen MR) is 241 cm³/mol. The molecular formula is C54H34N2O2. The Hall–Kier alpha value is -7.82. The first-order chi connectivity index (χ1) is 28.8. The summed E-state index contributed by atoms with van der Waals surface area (Å²) in [7, 11) is 0. The Morgan fingerprint density at radius 3 is 1.66 bits per heavy atom. The van der Waals surface area contributed by atoms with Crippen LogP contribution in [0.5, 0.6) is 0 Å². The average Bonchev–Trinajstić information content (AvgIpc) is 3.97. The molecule has 0 N–H and O–H groups in total. The van der Waals surface area contributed by atoms with E-state index >= 15 is 0 Å². The van der Waals surface area contributed by atoms with Crippen molar-refractivity contribution in [1.29, 1.82) is 0 Å². The molecule has 272 valence electrons. The fourth-order valence-electron chi connectivity index (χ4n) is 8.93. The summed E-state index contributed by atoms with van der Waals surface area (Å²) >= 11 is 0. The third kappa shape index (κ3) is 5.02. The standard InChI is InChI=1S/C54H34N2O2/c1-2-13-35(14-3-1)37-27-31-49(56-47-20-8-4-15-40(47)41-16-5-9-21-48(41)56)45(33-37)36-25-28-38(29-26-36)55(39-30-32-53-46(34-39)43-18-7-10-23-51(43)57-53)50-22-12-19-44-42-17-6-11-24-52(42)58-54(44)50/h1-34H. The SMILES string of the molecule is c1ccc(-c2ccc(-n3c4ccccc4c4ccccc43)c(-c3ccc(N(c4ccc5oc6ccccc6c5c4)c4cccc5c4oc4ccccc45)cc3)c2)cc1. The molecule has 0 aliphatic heterocycles. The molecule has 3 heterocycles. The van der Waals surface area contributed by atoms with Crippen molar-refractivity contribution in [2.75, 3.05) is 4.90 Å². The zero-order valence-electron chi connectivity index (χ0n) is 31.3. The third-order valence-corrected chi connectivity index (χ3v) is 11.6. The van der Waals surface area contributed by atoms with E-state index in [1.165, 1.54) is 32.9 Å². The molecule has 9 aromatic carbocycles. The summed E-state index contributed by atoms with van der Waals surface area (Å²) in [6.07, 6.45) is 0. The van der Waals surface area contributed by atoms with Gasteiger partial charge < -0.3 is 18.3 Å². The van der Waals surface area contributed by atoms with Crippen molar-refractivity contribution in [1.82, 2.24) is 4.57 Å². The smallest absolute Gasteiger partial charge is 0.159 e. The first-order valence-corrected chi connectivity index (χ1v) is 19.7. The lowest BCUT2D eigenvalue weighted by Gasteiger charge is -2.26. The van der Waals surface area contributed by atoms with Crippen LogP contribution in [-0.4, -0.2) is 4.57 Å². The van der Waals surface area contributed by atoms with Crippen LogP contribution in [0.1, 0.15) is 0 Å². The molecule has 12 aromatic rings. The number of fused-ring (bicyclic) bond motifs is 9. The largest absolute Gasteiger partial charge is 0.456 e. The third-order valence-electron chi connectivity index (χ3n) is 11.6. The zero-order chi connectivity index (χ0) is 38.2. The molecule has 3 aromatic heterocycles. The van der Waals surface area contributed by atoms with Gasteiger partial charge in [-0.15, -0.1) is 0 Å². The van der Waals surface area contributed by atoms with Crippen LogP contribution in [0.25, 0.3) is 93.6 Å². The highest BCUT2D eigenvalue weighted by Gasteiger charge is 2.22. The monoisotopic (exact) mass is 742 g/mol. The highest BCUT2D eigenvalue weighted by atomic mass is 16.3. The van der Waals surface area contributed by atoms with E-state index in [1.807, 2.05) is 24.3 Å². The Kier molecular flexibility index (Phi) is 7.20. The van der Waals surface area contributed by atoms with Crippen molar-refractivity contribution in [3.8, 4) is 27.9 Å². The molecule has 4 heteroatoms. The Morgan fingerprint density at radius 2 is 0.914 bits per heavy atom. The van der Waals surface area contributed by atoms with Crippen LogP contribution >= 0.6 is 0 Å². The first-order valence-electron chi connectivity index (χ1n) is 19.7. The van der Waals surface area contributed by atoms with E-state index in [9.17, 15) is 0 Å². The second kappa shape index (κ2) is 12.9. The van der Waals surface area contributed by atoms with Crippen LogP contribution < -0.4 is 4.90 Å². The number of nitrogens with zero attached hydrogens (tertiary/aromatic N) is 2. The summed E-state index contributed by atoms with van der Waals surface area (Å²) in [5.41, 5.74) is 14.6. The lowest BCUT2D eigenvalue weighted by atomic mass is 9.96. The van der Waals surface area contributed by atoms with Gasteiger partial charge >= 0.3 is 0 Å². The topological polar surface area (TPSA) is 34.5 Å². The molecular weight excluding hydrogens is 709 g/mol. The lowest BCUT2D eigenvalue weighted by molar-refractivity contribution is 0.669. The van der Waals surface area contributed by atoms with Gasteiger partial charge in [-0.2, -0.15) is 0 Å². The predicted octanol–water partition coefficient (Wildman–Crippen LogP) is 15.4. The van der Waals surface area contributed by atoms with Gasteiger partial charge in [-0.1, -0.05) is 133 Å². The van der Waals surface area contributed by atoms with E-state index in [-0.39, 0.29) is 0 Å². The van der Waals surface area contributed by atoms with Crippen molar-refractivity contribution < 1.29 is 8.83 Å². The minimum Gasteiger partial charge on any atom is -0.456 e. The highest BCUT2D eigenvalue weighted by Crippen LogP contribution is 2.45. The van der Waals surface area contributed by atoms with Gasteiger partial charge in [-0.3, -0.25) is 0 Å². The van der Waals surface area contributed by atoms with Gasteiger partial charge in [0.15, 0.2) is 5.58 Å². The van der Waals surface area contributed by atoms with Crippen LogP contribution in [0.15, 0.2) is 215 Å². The highest BCUT2D eigenvalue weighted by molar-refractivity contribution is 6.12. The number of rotatable bonds is 6. The van der Waals surface area contributed by atoms with Crippen molar-refractivity contribution in [3.63, 3.8) is 0 Å². The van der Waals surface area contributed by atoms with Crippen LogP contribution in [0.4, 0.5) is 17.1 Å². The molecule has 0 saturated carbocycles. The van der Waals surface area contributed by atoms with E-state index < -0.39 is 0 Å². The Balaban J connectivity index is 1.07. The van der Waals surface area contributed by atoms with Gasteiger partial charge in [0.05, 0.1) is 22.4 Å². The van der Waals surface area contributed by atoms with E-state index in [2.05, 4.69) is 191 Å². The van der Waals surface area contributed by atoms with E-state index in [1.54, 1.807) is 0 Å². The van der Waals surface area contributed by atoms with Gasteiger partial charge in [-0.25, -0.2) is 0 Å². The molecule has 58 heavy (non-hydrogen) atoms. The van der Waals surface area contributed by atoms with E-state index in [0.29, 0.717) is 0 Å². The van der Waals surface area contributed by atoms with Crippen LogP contribution in [0, 0.1) is 0 Å². The lowest BCUT2D eigenvalue weighted by Crippen LogP contribution is -2.10. The number of anilines is 3. The Morgan fingerprint density at radius 1 is 0.345 bits per heavy atom. The number of para-hydroxylation sites is 5. The molecule has 0 fully saturated rings. The molecule has 0 atom stereocenters. The molecule has 0 unspecified atom stereocenters. The number of hydrogen-bond donors (Lipinski definition) is 0. The second-order valence-electron chi connectivity index (χ2n) is 14.9. The molecule has 12 rings (SSSR count). The number of aromatic nitrogens is 1. The summed E-state index contributed by atoms with van der Waals surface area (Å²) in [4.78, 5) is 2.31. The minimum absolute atomic E-state index is 0.842.